The van der Waals surface area contributed by atoms with E-state index < -0.39 is 0 Å². The average Bonchev–Trinajstić information content (AvgIpc) is 3.28. The Balaban J connectivity index is 1.34. The van der Waals surface area contributed by atoms with Crippen LogP contribution in [0.2, 0.25) is 0 Å². The van der Waals surface area contributed by atoms with E-state index >= 15 is 0 Å². The van der Waals surface area contributed by atoms with E-state index in [1.54, 1.807) is 0 Å². The highest BCUT2D eigenvalue weighted by molar-refractivity contribution is 5.99. The molecule has 0 saturated carbocycles. The lowest BCUT2D eigenvalue weighted by Gasteiger charge is -2.22. The third-order valence-electron chi connectivity index (χ3n) is 6.36. The number of imidazole rings is 1. The second kappa shape index (κ2) is 9.86. The largest absolute Gasteiger partial charge is 0.491 e. The Morgan fingerprint density at radius 3 is 2.33 bits per heavy atom. The van der Waals surface area contributed by atoms with Gasteiger partial charge in [-0.1, -0.05) is 60.7 Å². The third-order valence-corrected chi connectivity index (χ3v) is 6.36. The molecular weight excluding hydrogens is 408 g/mol. The van der Waals surface area contributed by atoms with Crippen LogP contribution in [0.1, 0.15) is 51.1 Å². The number of carbonyl (C=O) groups excluding carboxylic acids is 1. The van der Waals surface area contributed by atoms with Gasteiger partial charge in [-0.25, -0.2) is 4.98 Å². The number of carbonyl (C=O) groups is 1. The minimum absolute atomic E-state index is 0.251. The molecular formula is C29H28N2O2. The van der Waals surface area contributed by atoms with Crippen LogP contribution in [0.4, 0.5) is 0 Å². The summed E-state index contributed by atoms with van der Waals surface area (Å²) in [6.45, 7) is 1.27. The van der Waals surface area contributed by atoms with Crippen LogP contribution in [0.5, 0.6) is 5.75 Å². The Morgan fingerprint density at radius 2 is 1.58 bits per heavy atom. The van der Waals surface area contributed by atoms with Gasteiger partial charge < -0.3 is 9.30 Å². The van der Waals surface area contributed by atoms with Crippen molar-refractivity contribution in [1.82, 2.24) is 9.55 Å². The maximum atomic E-state index is 12.5. The standard InChI is InChI=1S/C29H28N2O2/c32-28-13-7-12-25-26(28)14-15-29(27(25)19-23-10-5-2-6-11-23)33-17-16-31-21-30-20-24(31)18-22-8-3-1-4-9-22/h1-6,8-11,14-15,20-21H,7,12-13,16-19H2. The van der Waals surface area contributed by atoms with Crippen molar-refractivity contribution in [1.29, 1.82) is 0 Å². The molecule has 0 fully saturated rings. The van der Waals surface area contributed by atoms with Crippen LogP contribution >= 0.6 is 0 Å². The highest BCUT2D eigenvalue weighted by Crippen LogP contribution is 2.33. The molecule has 5 rings (SSSR count). The van der Waals surface area contributed by atoms with Crippen LogP contribution in [0.15, 0.2) is 85.3 Å². The minimum atomic E-state index is 0.251. The smallest absolute Gasteiger partial charge is 0.163 e. The molecule has 0 bridgehead atoms. The first-order valence-corrected chi connectivity index (χ1v) is 11.7. The van der Waals surface area contributed by atoms with Crippen molar-refractivity contribution in [3.8, 4) is 5.75 Å². The van der Waals surface area contributed by atoms with E-state index in [1.807, 2.05) is 36.8 Å². The van der Waals surface area contributed by atoms with E-state index in [-0.39, 0.29) is 5.78 Å². The fourth-order valence-electron chi connectivity index (χ4n) is 4.66. The van der Waals surface area contributed by atoms with Crippen molar-refractivity contribution in [2.75, 3.05) is 6.61 Å². The number of rotatable bonds is 8. The van der Waals surface area contributed by atoms with Gasteiger partial charge in [0.05, 0.1) is 12.9 Å². The Labute approximate surface area is 194 Å². The monoisotopic (exact) mass is 436 g/mol. The lowest BCUT2D eigenvalue weighted by atomic mass is 9.85. The molecule has 0 aliphatic heterocycles. The van der Waals surface area contributed by atoms with Gasteiger partial charge in [-0.05, 0) is 41.7 Å². The molecule has 0 N–H and O–H groups in total. The van der Waals surface area contributed by atoms with Crippen LogP contribution in [0, 0.1) is 0 Å². The van der Waals surface area contributed by atoms with Crippen molar-refractivity contribution < 1.29 is 9.53 Å². The molecule has 1 heterocycles. The number of ether oxygens (including phenoxy) is 1. The second-order valence-electron chi connectivity index (χ2n) is 8.60. The molecule has 3 aromatic carbocycles. The van der Waals surface area contributed by atoms with E-state index in [4.69, 9.17) is 4.74 Å². The Kier molecular flexibility index (Phi) is 6.34. The maximum absolute atomic E-state index is 12.5. The summed E-state index contributed by atoms with van der Waals surface area (Å²) >= 11 is 0. The molecule has 0 atom stereocenters. The van der Waals surface area contributed by atoms with Gasteiger partial charge in [0.15, 0.2) is 5.78 Å². The predicted octanol–water partition coefficient (Wildman–Crippen LogP) is 5.66. The third kappa shape index (κ3) is 4.90. The molecule has 0 saturated heterocycles. The SMILES string of the molecule is O=C1CCCc2c1ccc(OCCn1cncc1Cc1ccccc1)c2Cc1ccccc1. The predicted molar refractivity (Wildman–Crippen MR) is 130 cm³/mol. The number of aromatic nitrogens is 2. The molecule has 1 aliphatic rings. The maximum Gasteiger partial charge on any atom is 0.163 e. The van der Waals surface area contributed by atoms with Gasteiger partial charge in [-0.2, -0.15) is 0 Å². The van der Waals surface area contributed by atoms with Crippen molar-refractivity contribution in [3.63, 3.8) is 0 Å². The molecule has 0 spiro atoms. The number of nitrogens with zero attached hydrogens (tertiary/aromatic N) is 2. The van der Waals surface area contributed by atoms with Gasteiger partial charge in [-0.3, -0.25) is 4.79 Å². The molecule has 0 amide bonds. The first kappa shape index (κ1) is 21.2. The number of hydrogen-bond acceptors (Lipinski definition) is 3. The van der Waals surface area contributed by atoms with E-state index in [0.29, 0.717) is 13.0 Å². The summed E-state index contributed by atoms with van der Waals surface area (Å²) in [7, 11) is 0. The average molecular weight is 437 g/mol. The molecule has 0 radical (unpaired) electrons. The topological polar surface area (TPSA) is 44.1 Å². The van der Waals surface area contributed by atoms with Crippen molar-refractivity contribution in [2.45, 2.75) is 38.6 Å². The molecule has 1 aromatic heterocycles. The number of fused-ring (bicyclic) bond motifs is 1. The van der Waals surface area contributed by atoms with E-state index in [1.165, 1.54) is 22.4 Å². The summed E-state index contributed by atoms with van der Waals surface area (Å²) in [5.41, 5.74) is 6.87. The summed E-state index contributed by atoms with van der Waals surface area (Å²) in [6.07, 6.45) is 7.91. The number of Topliss-reactive ketones (excluding diaryl/α,β-unsaturated/α-hetero) is 1. The van der Waals surface area contributed by atoms with Crippen molar-refractivity contribution >= 4 is 5.78 Å². The Bertz CT molecular complexity index is 1230. The van der Waals surface area contributed by atoms with E-state index in [2.05, 4.69) is 58.1 Å². The lowest BCUT2D eigenvalue weighted by Crippen LogP contribution is -2.16. The van der Waals surface area contributed by atoms with Gasteiger partial charge in [0.2, 0.25) is 0 Å². The van der Waals surface area contributed by atoms with Crippen LogP contribution in [-0.4, -0.2) is 21.9 Å². The fraction of sp³-hybridized carbons (Fsp3) is 0.241. The summed E-state index contributed by atoms with van der Waals surface area (Å²) in [6, 6.07) is 24.8. The van der Waals surface area contributed by atoms with Gasteiger partial charge in [0.25, 0.3) is 0 Å². The molecule has 0 unspecified atom stereocenters. The van der Waals surface area contributed by atoms with Crippen molar-refractivity contribution in [3.05, 3.63) is 119 Å². The van der Waals surface area contributed by atoms with Crippen LogP contribution in [-0.2, 0) is 25.8 Å². The zero-order valence-electron chi connectivity index (χ0n) is 18.7. The van der Waals surface area contributed by atoms with Crippen molar-refractivity contribution in [2.24, 2.45) is 0 Å². The molecule has 33 heavy (non-hydrogen) atoms. The number of hydrogen-bond donors (Lipinski definition) is 0. The number of ketones is 1. The van der Waals surface area contributed by atoms with Crippen LogP contribution in [0.3, 0.4) is 0 Å². The zero-order chi connectivity index (χ0) is 22.5. The molecule has 1 aliphatic carbocycles. The summed E-state index contributed by atoms with van der Waals surface area (Å²) < 4.78 is 8.49. The normalized spacial score (nSPS) is 13.0. The van der Waals surface area contributed by atoms with E-state index in [0.717, 1.165) is 49.1 Å². The zero-order valence-corrected chi connectivity index (χ0v) is 18.7. The van der Waals surface area contributed by atoms with Gasteiger partial charge >= 0.3 is 0 Å². The second-order valence-corrected chi connectivity index (χ2v) is 8.60. The van der Waals surface area contributed by atoms with E-state index in [9.17, 15) is 4.79 Å². The Hall–Kier alpha value is -3.66. The highest BCUT2D eigenvalue weighted by Gasteiger charge is 2.22. The lowest BCUT2D eigenvalue weighted by molar-refractivity contribution is 0.0972. The van der Waals surface area contributed by atoms with Gasteiger partial charge in [0, 0.05) is 42.3 Å². The highest BCUT2D eigenvalue weighted by atomic mass is 16.5. The van der Waals surface area contributed by atoms with Gasteiger partial charge in [0.1, 0.15) is 12.4 Å². The fourth-order valence-corrected chi connectivity index (χ4v) is 4.66. The first-order chi connectivity index (χ1) is 16.3. The molecule has 4 aromatic rings. The quantitative estimate of drug-likeness (QED) is 0.358. The van der Waals surface area contributed by atoms with Crippen LogP contribution in [0.25, 0.3) is 0 Å². The van der Waals surface area contributed by atoms with Crippen LogP contribution < -0.4 is 4.74 Å². The first-order valence-electron chi connectivity index (χ1n) is 11.7. The van der Waals surface area contributed by atoms with Gasteiger partial charge in [-0.15, -0.1) is 0 Å². The molecule has 4 nitrogen and oxygen atoms in total. The summed E-state index contributed by atoms with van der Waals surface area (Å²) in [5.74, 6) is 1.14. The Morgan fingerprint density at radius 1 is 0.848 bits per heavy atom. The number of benzene rings is 3. The molecule has 4 heteroatoms. The minimum Gasteiger partial charge on any atom is -0.491 e. The molecule has 166 valence electrons. The summed E-state index contributed by atoms with van der Waals surface area (Å²) in [5, 5.41) is 0. The summed E-state index contributed by atoms with van der Waals surface area (Å²) in [4.78, 5) is 16.9.